The molecule has 0 atom stereocenters. The van der Waals surface area contributed by atoms with Gasteiger partial charge in [-0.25, -0.2) is 4.79 Å². The van der Waals surface area contributed by atoms with Crippen LogP contribution in [0.2, 0.25) is 0 Å². The van der Waals surface area contributed by atoms with Gasteiger partial charge in [0.05, 0.1) is 11.2 Å². The van der Waals surface area contributed by atoms with Gasteiger partial charge >= 0.3 is 6.03 Å². The summed E-state index contributed by atoms with van der Waals surface area (Å²) in [7, 11) is 0. The van der Waals surface area contributed by atoms with Crippen molar-refractivity contribution in [1.29, 1.82) is 0 Å². The van der Waals surface area contributed by atoms with Crippen LogP contribution in [0.5, 0.6) is 0 Å². The number of H-pyrrole nitrogens is 1. The van der Waals surface area contributed by atoms with E-state index in [1.807, 2.05) is 18.2 Å². The number of nitrogens with one attached hydrogen (secondary N) is 3. The number of carbonyl (C=O) groups is 1. The zero-order chi connectivity index (χ0) is 17.8. The van der Waals surface area contributed by atoms with Gasteiger partial charge in [-0.15, -0.1) is 10.2 Å². The van der Waals surface area contributed by atoms with Crippen molar-refractivity contribution in [3.8, 4) is 0 Å². The average Bonchev–Trinajstić information content (AvgIpc) is 3.30. The van der Waals surface area contributed by atoms with Crippen LogP contribution in [0.15, 0.2) is 29.8 Å². The number of nitrogens with zero attached hydrogens (tertiary/aromatic N) is 3. The lowest BCUT2D eigenvalue weighted by atomic mass is 9.89. The highest BCUT2D eigenvalue weighted by Crippen LogP contribution is 2.27. The molecule has 3 N–H and O–H groups in total. The highest BCUT2D eigenvalue weighted by Gasteiger charge is 2.11. The van der Waals surface area contributed by atoms with Crippen LogP contribution in [-0.4, -0.2) is 26.4 Å². The third-order valence-corrected chi connectivity index (χ3v) is 5.21. The van der Waals surface area contributed by atoms with Gasteiger partial charge < -0.3 is 5.32 Å². The number of hydrogen-bond donors (Lipinski definition) is 3. The first-order valence-corrected chi connectivity index (χ1v) is 9.66. The number of fused-ring (bicyclic) bond motifs is 1. The lowest BCUT2D eigenvalue weighted by Gasteiger charge is -2.17. The number of rotatable bonds is 4. The van der Waals surface area contributed by atoms with Gasteiger partial charge in [-0.3, -0.25) is 10.4 Å². The Morgan fingerprint density at radius 2 is 2.12 bits per heavy atom. The van der Waals surface area contributed by atoms with E-state index in [0.29, 0.717) is 16.7 Å². The van der Waals surface area contributed by atoms with Crippen molar-refractivity contribution in [2.75, 3.05) is 10.6 Å². The number of aromatic amines is 1. The van der Waals surface area contributed by atoms with Crippen LogP contribution in [0.4, 0.5) is 15.6 Å². The van der Waals surface area contributed by atoms with Crippen molar-refractivity contribution < 1.29 is 4.79 Å². The van der Waals surface area contributed by atoms with Crippen LogP contribution in [0, 0.1) is 5.92 Å². The third kappa shape index (κ3) is 3.91. The first kappa shape index (κ1) is 16.7. The Morgan fingerprint density at radius 3 is 2.92 bits per heavy atom. The molecule has 2 heterocycles. The van der Waals surface area contributed by atoms with Gasteiger partial charge in [-0.1, -0.05) is 36.7 Å². The molecule has 0 saturated heterocycles. The predicted octanol–water partition coefficient (Wildman–Crippen LogP) is 4.65. The first-order valence-electron chi connectivity index (χ1n) is 8.78. The van der Waals surface area contributed by atoms with E-state index >= 15 is 0 Å². The summed E-state index contributed by atoms with van der Waals surface area (Å²) in [6, 6.07) is 5.37. The highest BCUT2D eigenvalue weighted by atomic mass is 32.1. The monoisotopic (exact) mass is 368 g/mol. The topological polar surface area (TPSA) is 95.6 Å². The lowest BCUT2D eigenvalue weighted by molar-refractivity contribution is 0.262. The molecule has 1 aliphatic carbocycles. The molecule has 134 valence electrons. The minimum atomic E-state index is -0.349. The van der Waals surface area contributed by atoms with Crippen molar-refractivity contribution in [3.05, 3.63) is 35.5 Å². The van der Waals surface area contributed by atoms with Crippen molar-refractivity contribution >= 4 is 45.2 Å². The summed E-state index contributed by atoms with van der Waals surface area (Å²) in [6.45, 7) is 0. The summed E-state index contributed by atoms with van der Waals surface area (Å²) in [5.41, 5.74) is 4.08. The van der Waals surface area contributed by atoms with Crippen LogP contribution in [0.1, 0.15) is 37.8 Å². The minimum Gasteiger partial charge on any atom is -0.308 e. The molecule has 0 spiro atoms. The van der Waals surface area contributed by atoms with Crippen LogP contribution >= 0.6 is 11.3 Å². The quantitative estimate of drug-likeness (QED) is 0.624. The first-order chi connectivity index (χ1) is 12.8. The van der Waals surface area contributed by atoms with E-state index in [1.165, 1.54) is 43.4 Å². The number of urea groups is 1. The third-order valence-electron chi connectivity index (χ3n) is 4.61. The number of carbonyl (C=O) groups excluding carboxylic acids is 1. The van der Waals surface area contributed by atoms with E-state index in [0.717, 1.165) is 16.6 Å². The summed E-state index contributed by atoms with van der Waals surface area (Å²) in [6.07, 6.45) is 11.0. The summed E-state index contributed by atoms with van der Waals surface area (Å²) >= 11 is 1.27. The van der Waals surface area contributed by atoms with E-state index in [2.05, 4.69) is 43.2 Å². The molecule has 26 heavy (non-hydrogen) atoms. The minimum absolute atomic E-state index is 0.349. The Morgan fingerprint density at radius 1 is 1.23 bits per heavy atom. The molecule has 1 saturated carbocycles. The number of aromatic nitrogens is 4. The Bertz CT molecular complexity index is 911. The second-order valence-corrected chi connectivity index (χ2v) is 7.28. The molecule has 0 radical (unpaired) electrons. The summed E-state index contributed by atoms with van der Waals surface area (Å²) in [5, 5.41) is 21.8. The van der Waals surface area contributed by atoms with Crippen molar-refractivity contribution in [2.24, 2.45) is 5.92 Å². The van der Waals surface area contributed by atoms with Gasteiger partial charge in [0.25, 0.3) is 0 Å². The highest BCUT2D eigenvalue weighted by molar-refractivity contribution is 7.13. The zero-order valence-corrected chi connectivity index (χ0v) is 15.1. The molecular formula is C18H20N6OS. The molecule has 7 nitrogen and oxygen atoms in total. The normalized spacial score (nSPS) is 15.5. The largest absolute Gasteiger partial charge is 0.325 e. The van der Waals surface area contributed by atoms with Crippen molar-refractivity contribution in [2.45, 2.75) is 32.1 Å². The summed E-state index contributed by atoms with van der Waals surface area (Å²) < 4.78 is 0. The number of hydrogen-bond acceptors (Lipinski definition) is 5. The van der Waals surface area contributed by atoms with E-state index < -0.39 is 0 Å². The average molecular weight is 368 g/mol. The van der Waals surface area contributed by atoms with E-state index in [1.54, 1.807) is 5.51 Å². The number of benzene rings is 1. The number of amides is 2. The molecule has 0 bridgehead atoms. The molecule has 3 aromatic rings. The second kappa shape index (κ2) is 7.65. The van der Waals surface area contributed by atoms with E-state index in [9.17, 15) is 4.79 Å². The molecule has 2 amide bonds. The van der Waals surface area contributed by atoms with Crippen LogP contribution in [-0.2, 0) is 0 Å². The second-order valence-electron chi connectivity index (χ2n) is 6.45. The maximum atomic E-state index is 12.0. The molecule has 1 aliphatic rings. The fourth-order valence-corrected chi connectivity index (χ4v) is 3.73. The molecule has 8 heteroatoms. The lowest BCUT2D eigenvalue weighted by Crippen LogP contribution is -2.19. The van der Waals surface area contributed by atoms with Crippen LogP contribution in [0.3, 0.4) is 0 Å². The Labute approximate surface area is 154 Å². The molecule has 1 fully saturated rings. The zero-order valence-electron chi connectivity index (χ0n) is 14.2. The summed E-state index contributed by atoms with van der Waals surface area (Å²) in [5.74, 6) is 0.667. The molecule has 4 rings (SSSR count). The van der Waals surface area contributed by atoms with Gasteiger partial charge in [0.2, 0.25) is 5.13 Å². The fourth-order valence-electron chi connectivity index (χ4n) is 3.29. The van der Waals surface area contributed by atoms with Crippen LogP contribution < -0.4 is 10.6 Å². The maximum absolute atomic E-state index is 12.0. The maximum Gasteiger partial charge on any atom is 0.325 e. The predicted molar refractivity (Wildman–Crippen MR) is 104 cm³/mol. The van der Waals surface area contributed by atoms with Crippen molar-refractivity contribution in [3.63, 3.8) is 0 Å². The standard InChI is InChI=1S/C18H20N6OS/c25-17(21-18-24-19-11-26-18)20-13-7-8-14-15(22-23-16(14)10-13)9-6-12-4-2-1-3-5-12/h6-12H,1-5H2,(H,22,23)(H2,20,21,24,25)/b9-6+. The van der Waals surface area contributed by atoms with Gasteiger partial charge in [0.15, 0.2) is 0 Å². The Hall–Kier alpha value is -2.74. The van der Waals surface area contributed by atoms with Gasteiger partial charge in [-0.05, 0) is 43.0 Å². The Kier molecular flexibility index (Phi) is 4.92. The molecule has 1 aromatic carbocycles. The summed E-state index contributed by atoms with van der Waals surface area (Å²) in [4.78, 5) is 12.0. The smallest absolute Gasteiger partial charge is 0.308 e. The molecule has 2 aromatic heterocycles. The Balaban J connectivity index is 1.44. The van der Waals surface area contributed by atoms with Crippen LogP contribution in [0.25, 0.3) is 17.0 Å². The SMILES string of the molecule is O=C(Nc1ccc2c(/C=C/C3CCCCC3)n[nH]c2c1)Nc1nncs1. The number of anilines is 2. The molecular weight excluding hydrogens is 348 g/mol. The molecule has 0 aliphatic heterocycles. The fraction of sp³-hybridized carbons (Fsp3) is 0.333. The van der Waals surface area contributed by atoms with E-state index in [4.69, 9.17) is 0 Å². The van der Waals surface area contributed by atoms with Gasteiger partial charge in [0, 0.05) is 11.1 Å². The molecule has 0 unspecified atom stereocenters. The van der Waals surface area contributed by atoms with E-state index in [-0.39, 0.29) is 6.03 Å². The van der Waals surface area contributed by atoms with Gasteiger partial charge in [-0.2, -0.15) is 5.10 Å². The number of allylic oxidation sites excluding steroid dienone is 1. The van der Waals surface area contributed by atoms with Gasteiger partial charge in [0.1, 0.15) is 5.51 Å². The van der Waals surface area contributed by atoms with Crippen molar-refractivity contribution in [1.82, 2.24) is 20.4 Å².